The van der Waals surface area contributed by atoms with E-state index in [1.807, 2.05) is 36.4 Å². The molecule has 0 aliphatic heterocycles. The van der Waals surface area contributed by atoms with E-state index in [1.165, 1.54) is 4.90 Å². The maximum Gasteiger partial charge on any atom is 0.339 e. The minimum absolute atomic E-state index is 0.0184. The smallest absolute Gasteiger partial charge is 0.339 e. The number of hydrogen-bond acceptors (Lipinski definition) is 9. The first kappa shape index (κ1) is 37.0. The maximum absolute atomic E-state index is 12.1. The van der Waals surface area contributed by atoms with E-state index in [9.17, 15) is 44.1 Å². The lowest BCUT2D eigenvalue weighted by Crippen LogP contribution is -2.50. The number of carbonyl (C=O) groups is 3. The van der Waals surface area contributed by atoms with Crippen LogP contribution in [-0.2, 0) is 41.6 Å². The van der Waals surface area contributed by atoms with Crippen molar-refractivity contribution in [2.24, 2.45) is 0 Å². The molecule has 0 saturated carbocycles. The van der Waals surface area contributed by atoms with Gasteiger partial charge in [-0.05, 0) is 18.1 Å². The number of rotatable bonds is 23. The Bertz CT molecular complexity index is 1200. The van der Waals surface area contributed by atoms with Gasteiger partial charge in [-0.3, -0.25) is 33.6 Å². The standard InChI is InChI=1S/C29H42N3O11P/c1-23(18-42-19-24-8-4-2-5-9-24)31(16-27(33)34)14-12-30(22-44(39,40)41)13-15-32(17-28(35)36)26(29(37)38)21-43-20-25-10-6-3-7-11-25/h2-11,23,26H,12-22H2,1H3,(H,33,34)(H,35,36)(H,37,38)(H2,39,40,41). The Balaban J connectivity index is 2.06. The van der Waals surface area contributed by atoms with Crippen LogP contribution in [0.3, 0.4) is 0 Å². The van der Waals surface area contributed by atoms with Gasteiger partial charge < -0.3 is 34.6 Å². The highest BCUT2D eigenvalue weighted by molar-refractivity contribution is 7.51. The quantitative estimate of drug-likeness (QED) is 0.110. The molecule has 0 bridgehead atoms. The van der Waals surface area contributed by atoms with Crippen molar-refractivity contribution in [3.05, 3.63) is 71.8 Å². The summed E-state index contributed by atoms with van der Waals surface area (Å²) in [6.07, 6.45) is -0.685. The molecule has 0 fully saturated rings. The van der Waals surface area contributed by atoms with E-state index in [0.29, 0.717) is 6.61 Å². The molecule has 5 N–H and O–H groups in total. The molecule has 0 heterocycles. The molecule has 2 aromatic rings. The Morgan fingerprint density at radius 1 is 0.727 bits per heavy atom. The Morgan fingerprint density at radius 3 is 1.64 bits per heavy atom. The summed E-state index contributed by atoms with van der Waals surface area (Å²) in [5.41, 5.74) is 1.76. The molecule has 244 valence electrons. The summed E-state index contributed by atoms with van der Waals surface area (Å²) >= 11 is 0. The monoisotopic (exact) mass is 639 g/mol. The van der Waals surface area contributed by atoms with Crippen molar-refractivity contribution in [3.8, 4) is 0 Å². The van der Waals surface area contributed by atoms with Gasteiger partial charge >= 0.3 is 25.5 Å². The van der Waals surface area contributed by atoms with Crippen LogP contribution in [0.5, 0.6) is 0 Å². The van der Waals surface area contributed by atoms with Crippen LogP contribution in [-0.4, -0.2) is 129 Å². The van der Waals surface area contributed by atoms with Crippen LogP contribution in [0.4, 0.5) is 0 Å². The third-order valence-electron chi connectivity index (χ3n) is 6.67. The minimum Gasteiger partial charge on any atom is -0.480 e. The Morgan fingerprint density at radius 2 is 1.18 bits per heavy atom. The summed E-state index contributed by atoms with van der Waals surface area (Å²) < 4.78 is 23.2. The van der Waals surface area contributed by atoms with Crippen molar-refractivity contribution in [1.82, 2.24) is 14.7 Å². The van der Waals surface area contributed by atoms with E-state index < -0.39 is 44.4 Å². The lowest BCUT2D eigenvalue weighted by atomic mass is 10.2. The molecule has 0 spiro atoms. The highest BCUT2D eigenvalue weighted by Crippen LogP contribution is 2.35. The van der Waals surface area contributed by atoms with Crippen LogP contribution < -0.4 is 0 Å². The number of carboxylic acid groups (broad SMARTS) is 3. The van der Waals surface area contributed by atoms with E-state index in [0.717, 1.165) is 16.0 Å². The zero-order valence-corrected chi connectivity index (χ0v) is 25.6. The molecule has 15 heteroatoms. The fourth-order valence-corrected chi connectivity index (χ4v) is 5.23. The fraction of sp³-hybridized carbons (Fsp3) is 0.483. The molecule has 2 unspecified atom stereocenters. The summed E-state index contributed by atoms with van der Waals surface area (Å²) in [6, 6.07) is 16.8. The molecule has 0 aromatic heterocycles. The van der Waals surface area contributed by atoms with E-state index in [2.05, 4.69) is 0 Å². The third kappa shape index (κ3) is 15.5. The summed E-state index contributed by atoms with van der Waals surface area (Å²) in [5.74, 6) is -3.68. The third-order valence-corrected chi connectivity index (χ3v) is 7.44. The van der Waals surface area contributed by atoms with Crippen molar-refractivity contribution in [2.75, 3.05) is 58.8 Å². The highest BCUT2D eigenvalue weighted by atomic mass is 31.2. The van der Waals surface area contributed by atoms with Gasteiger partial charge in [-0.15, -0.1) is 0 Å². The molecule has 0 radical (unpaired) electrons. The first-order chi connectivity index (χ1) is 20.8. The molecule has 2 atom stereocenters. The van der Waals surface area contributed by atoms with Gasteiger partial charge in [0.2, 0.25) is 0 Å². The van der Waals surface area contributed by atoms with Crippen molar-refractivity contribution < 1.29 is 53.5 Å². The Kier molecular flexibility index (Phi) is 16.2. The largest absolute Gasteiger partial charge is 0.480 e. The molecule has 14 nitrogen and oxygen atoms in total. The Hall–Kier alpha value is -3.20. The predicted octanol–water partition coefficient (Wildman–Crippen LogP) is 1.47. The number of nitrogens with zero attached hydrogens (tertiary/aromatic N) is 3. The number of ether oxygens (including phenoxy) is 2. The van der Waals surface area contributed by atoms with Crippen LogP contribution in [0.2, 0.25) is 0 Å². The summed E-state index contributed by atoms with van der Waals surface area (Å²) in [7, 11) is -4.58. The van der Waals surface area contributed by atoms with Gasteiger partial charge in [0.15, 0.2) is 0 Å². The summed E-state index contributed by atoms with van der Waals surface area (Å²) in [4.78, 5) is 58.7. The van der Waals surface area contributed by atoms with Gasteiger partial charge in [0.25, 0.3) is 0 Å². The average Bonchev–Trinajstić information content (AvgIpc) is 2.95. The normalized spacial score (nSPS) is 13.3. The van der Waals surface area contributed by atoms with Crippen molar-refractivity contribution in [1.29, 1.82) is 0 Å². The maximum atomic E-state index is 12.1. The molecule has 0 amide bonds. The lowest BCUT2D eigenvalue weighted by molar-refractivity contribution is -0.149. The van der Waals surface area contributed by atoms with Crippen molar-refractivity contribution >= 4 is 25.5 Å². The Labute approximate surface area is 256 Å². The van der Waals surface area contributed by atoms with Gasteiger partial charge in [0, 0.05) is 32.2 Å². The molecule has 2 aromatic carbocycles. The average molecular weight is 640 g/mol. The van der Waals surface area contributed by atoms with Crippen LogP contribution >= 0.6 is 7.60 Å². The van der Waals surface area contributed by atoms with Gasteiger partial charge in [-0.2, -0.15) is 0 Å². The molecule has 0 saturated heterocycles. The summed E-state index contributed by atoms with van der Waals surface area (Å²) in [5, 5.41) is 28.7. The van der Waals surface area contributed by atoms with Crippen LogP contribution in [0.1, 0.15) is 18.1 Å². The SMILES string of the molecule is CC(COCc1ccccc1)N(CCN(CCN(CC(=O)O)C(COCc1ccccc1)C(=O)O)CP(=O)(O)O)CC(=O)O. The molecule has 0 aliphatic rings. The van der Waals surface area contributed by atoms with Crippen molar-refractivity contribution in [2.45, 2.75) is 32.2 Å². The number of carboxylic acids is 3. The molecule has 44 heavy (non-hydrogen) atoms. The predicted molar refractivity (Wildman–Crippen MR) is 160 cm³/mol. The molecular weight excluding hydrogens is 597 g/mol. The lowest BCUT2D eigenvalue weighted by Gasteiger charge is -2.33. The molecular formula is C29H42N3O11P. The minimum atomic E-state index is -4.58. The van der Waals surface area contributed by atoms with E-state index in [4.69, 9.17) is 9.47 Å². The first-order valence-electron chi connectivity index (χ1n) is 14.0. The van der Waals surface area contributed by atoms with Crippen molar-refractivity contribution in [3.63, 3.8) is 0 Å². The first-order valence-corrected chi connectivity index (χ1v) is 15.8. The van der Waals surface area contributed by atoms with Crippen LogP contribution in [0, 0.1) is 0 Å². The zero-order valence-electron chi connectivity index (χ0n) is 24.7. The highest BCUT2D eigenvalue weighted by Gasteiger charge is 2.29. The number of hydrogen-bond donors (Lipinski definition) is 5. The fourth-order valence-electron chi connectivity index (χ4n) is 4.42. The number of benzene rings is 2. The van der Waals surface area contributed by atoms with Crippen LogP contribution in [0.15, 0.2) is 60.7 Å². The summed E-state index contributed by atoms with van der Waals surface area (Å²) in [6.45, 7) is 0.989. The second kappa shape index (κ2) is 19.2. The van der Waals surface area contributed by atoms with E-state index in [1.54, 1.807) is 36.1 Å². The molecule has 0 aliphatic carbocycles. The van der Waals surface area contributed by atoms with Gasteiger partial charge in [-0.25, -0.2) is 0 Å². The van der Waals surface area contributed by atoms with Gasteiger partial charge in [0.05, 0.1) is 39.5 Å². The number of aliphatic carboxylic acids is 3. The molecule has 2 rings (SSSR count). The van der Waals surface area contributed by atoms with E-state index >= 15 is 0 Å². The zero-order chi connectivity index (χ0) is 32.5. The van der Waals surface area contributed by atoms with Crippen LogP contribution in [0.25, 0.3) is 0 Å². The van der Waals surface area contributed by atoms with E-state index in [-0.39, 0.29) is 58.6 Å². The van der Waals surface area contributed by atoms with Gasteiger partial charge in [-0.1, -0.05) is 60.7 Å². The second-order valence-corrected chi connectivity index (χ2v) is 12.0. The topological polar surface area (TPSA) is 198 Å². The second-order valence-electron chi connectivity index (χ2n) is 10.4. The van der Waals surface area contributed by atoms with Gasteiger partial charge in [0.1, 0.15) is 12.3 Å².